The van der Waals surface area contributed by atoms with Crippen LogP contribution in [0.5, 0.6) is 0 Å². The Morgan fingerprint density at radius 3 is 2.40 bits per heavy atom. The van der Waals surface area contributed by atoms with Crippen molar-refractivity contribution in [3.05, 3.63) is 41.0 Å². The average molecular weight is 370 g/mol. The third-order valence-electron chi connectivity index (χ3n) is 4.37. The van der Waals surface area contributed by atoms with E-state index in [9.17, 15) is 22.8 Å². The van der Waals surface area contributed by atoms with E-state index in [4.69, 9.17) is 0 Å². The molecule has 1 aliphatic heterocycles. The molecule has 2 N–H and O–H groups in total. The van der Waals surface area contributed by atoms with Crippen LogP contribution in [-0.2, 0) is 9.59 Å². The van der Waals surface area contributed by atoms with Crippen LogP contribution in [0.25, 0.3) is 5.57 Å². The summed E-state index contributed by atoms with van der Waals surface area (Å²) in [6.07, 6.45) is -1.21. The first-order valence-corrected chi connectivity index (χ1v) is 9.08. The van der Waals surface area contributed by atoms with Crippen LogP contribution in [0, 0.1) is 0 Å². The smallest absolute Gasteiger partial charge is 0.340 e. The van der Waals surface area contributed by atoms with E-state index in [0.29, 0.717) is 11.5 Å². The number of carbonyl (C=O) groups excluding carboxylic acids is 2. The van der Waals surface area contributed by atoms with Gasteiger partial charge in [0.1, 0.15) is 11.6 Å². The van der Waals surface area contributed by atoms with Gasteiger partial charge in [-0.25, -0.2) is 0 Å². The lowest BCUT2D eigenvalue weighted by Gasteiger charge is -2.29. The van der Waals surface area contributed by atoms with Gasteiger partial charge < -0.3 is 5.32 Å². The molecular weight excluding hydrogens is 353 g/mol. The molecule has 1 atom stereocenters. The Labute approximate surface area is 147 Å². The van der Waals surface area contributed by atoms with Crippen LogP contribution in [0.1, 0.15) is 36.3 Å². The lowest BCUT2D eigenvalue weighted by atomic mass is 9.88. The predicted molar refractivity (Wildman–Crippen MR) is 89.6 cm³/mol. The van der Waals surface area contributed by atoms with Crippen LogP contribution < -0.4 is 10.0 Å². The van der Waals surface area contributed by atoms with E-state index in [1.165, 1.54) is 0 Å². The van der Waals surface area contributed by atoms with Gasteiger partial charge in [0.25, 0.3) is 11.8 Å². The zero-order valence-electron chi connectivity index (χ0n) is 13.4. The molecule has 1 aromatic rings. The van der Waals surface area contributed by atoms with Crippen molar-refractivity contribution in [2.24, 2.45) is 0 Å². The third-order valence-corrected chi connectivity index (χ3v) is 4.76. The summed E-state index contributed by atoms with van der Waals surface area (Å²) in [5, 5.41) is 1.89. The van der Waals surface area contributed by atoms with Crippen molar-refractivity contribution in [1.29, 1.82) is 0 Å². The van der Waals surface area contributed by atoms with Gasteiger partial charge >= 0.3 is 6.18 Å². The maximum atomic E-state index is 13.1. The molecule has 8 heteroatoms. The van der Waals surface area contributed by atoms with E-state index in [2.05, 4.69) is 4.72 Å². The van der Waals surface area contributed by atoms with Crippen molar-refractivity contribution in [3.63, 3.8) is 0 Å². The van der Waals surface area contributed by atoms with Crippen LogP contribution >= 0.6 is 11.9 Å². The second-order valence-electron chi connectivity index (χ2n) is 6.16. The fraction of sp³-hybridized carbons (Fsp3) is 0.412. The van der Waals surface area contributed by atoms with Gasteiger partial charge in [-0.3, -0.25) is 14.3 Å². The van der Waals surface area contributed by atoms with Gasteiger partial charge in [-0.05, 0) is 35.5 Å². The molecule has 0 radical (unpaired) electrons. The van der Waals surface area contributed by atoms with E-state index in [1.54, 1.807) is 18.4 Å². The highest BCUT2D eigenvalue weighted by Crippen LogP contribution is 2.41. The van der Waals surface area contributed by atoms with Crippen molar-refractivity contribution < 1.29 is 22.8 Å². The molecule has 1 saturated carbocycles. The number of halogens is 3. The number of hydrogen-bond donors (Lipinski definition) is 2. The highest BCUT2D eigenvalue weighted by atomic mass is 32.2. The Morgan fingerprint density at radius 2 is 1.88 bits per heavy atom. The standard InChI is InChI=1S/C17H17F3N2O2S/c1-25-22-16(24)14-12(8-13(17(18,19)20)21-15(14)23)11-6-4-10(5-7-11)9-2-3-9/h4-7,9,13H,2-3,8H2,1H3,(H,21,23)(H,22,24). The number of alkyl halides is 3. The van der Waals surface area contributed by atoms with Gasteiger partial charge in [-0.2, -0.15) is 13.2 Å². The zero-order valence-corrected chi connectivity index (χ0v) is 14.3. The first kappa shape index (κ1) is 17.8. The van der Waals surface area contributed by atoms with Crippen LogP contribution in [0.4, 0.5) is 13.2 Å². The maximum Gasteiger partial charge on any atom is 0.408 e. The summed E-state index contributed by atoms with van der Waals surface area (Å²) in [7, 11) is 0. The summed E-state index contributed by atoms with van der Waals surface area (Å²) in [4.78, 5) is 24.4. The van der Waals surface area contributed by atoms with Crippen molar-refractivity contribution in [1.82, 2.24) is 10.0 Å². The number of nitrogens with one attached hydrogen (secondary N) is 2. The van der Waals surface area contributed by atoms with E-state index in [-0.39, 0.29) is 11.1 Å². The molecule has 25 heavy (non-hydrogen) atoms. The number of carbonyl (C=O) groups is 2. The van der Waals surface area contributed by atoms with Gasteiger partial charge in [-0.1, -0.05) is 36.2 Å². The minimum absolute atomic E-state index is 0.125. The molecule has 0 aromatic heterocycles. The average Bonchev–Trinajstić information content (AvgIpc) is 3.38. The summed E-state index contributed by atoms with van der Waals surface area (Å²) in [5.74, 6) is -1.17. The molecule has 134 valence electrons. The summed E-state index contributed by atoms with van der Waals surface area (Å²) >= 11 is 0.988. The number of amides is 2. The van der Waals surface area contributed by atoms with Crippen LogP contribution in [0.3, 0.4) is 0 Å². The Bertz CT molecular complexity index is 724. The molecule has 2 amide bonds. The quantitative estimate of drug-likeness (QED) is 0.632. The summed E-state index contributed by atoms with van der Waals surface area (Å²) in [5.41, 5.74) is 1.47. The molecule has 1 aromatic carbocycles. The second-order valence-corrected chi connectivity index (χ2v) is 6.77. The van der Waals surface area contributed by atoms with E-state index >= 15 is 0 Å². The van der Waals surface area contributed by atoms with Gasteiger partial charge in [0.2, 0.25) is 0 Å². The SMILES string of the molecule is CSNC(=O)C1=C(c2ccc(C3CC3)cc2)CC(C(F)(F)F)NC1=O. The summed E-state index contributed by atoms with van der Waals surface area (Å²) < 4.78 is 41.8. The number of hydrogen-bond acceptors (Lipinski definition) is 3. The van der Waals surface area contributed by atoms with Crippen molar-refractivity contribution in [3.8, 4) is 0 Å². The summed E-state index contributed by atoms with van der Waals surface area (Å²) in [6, 6.07) is 5.12. The van der Waals surface area contributed by atoms with Gasteiger partial charge in [0.15, 0.2) is 0 Å². The molecule has 0 bridgehead atoms. The molecule has 1 aliphatic carbocycles. The minimum atomic E-state index is -4.57. The lowest BCUT2D eigenvalue weighted by Crippen LogP contribution is -2.50. The monoisotopic (exact) mass is 370 g/mol. The van der Waals surface area contributed by atoms with E-state index < -0.39 is 30.5 Å². The Morgan fingerprint density at radius 1 is 1.24 bits per heavy atom. The maximum absolute atomic E-state index is 13.1. The molecule has 1 heterocycles. The van der Waals surface area contributed by atoms with Gasteiger partial charge in [0, 0.05) is 12.7 Å². The largest absolute Gasteiger partial charge is 0.408 e. The lowest BCUT2D eigenvalue weighted by molar-refractivity contribution is -0.160. The molecule has 3 rings (SSSR count). The Hall–Kier alpha value is -1.96. The van der Waals surface area contributed by atoms with E-state index in [0.717, 1.165) is 30.4 Å². The number of rotatable bonds is 4. The summed E-state index contributed by atoms with van der Waals surface area (Å²) in [6.45, 7) is 0. The normalized spacial score (nSPS) is 21.1. The van der Waals surface area contributed by atoms with Crippen molar-refractivity contribution in [2.45, 2.75) is 37.4 Å². The molecule has 0 spiro atoms. The molecule has 1 fully saturated rings. The molecule has 4 nitrogen and oxygen atoms in total. The highest BCUT2D eigenvalue weighted by molar-refractivity contribution is 7.97. The van der Waals surface area contributed by atoms with Crippen molar-refractivity contribution >= 4 is 29.3 Å². The molecule has 2 aliphatic rings. The van der Waals surface area contributed by atoms with E-state index in [1.807, 2.05) is 17.4 Å². The fourth-order valence-electron chi connectivity index (χ4n) is 2.94. The molecule has 0 saturated heterocycles. The topological polar surface area (TPSA) is 58.2 Å². The minimum Gasteiger partial charge on any atom is -0.340 e. The van der Waals surface area contributed by atoms with Crippen molar-refractivity contribution in [2.75, 3.05) is 6.26 Å². The van der Waals surface area contributed by atoms with Crippen LogP contribution in [-0.4, -0.2) is 30.3 Å². The van der Waals surface area contributed by atoms with Gasteiger partial charge in [-0.15, -0.1) is 0 Å². The molecule has 1 unspecified atom stereocenters. The highest BCUT2D eigenvalue weighted by Gasteiger charge is 2.45. The second kappa shape index (κ2) is 6.74. The number of benzene rings is 1. The Kier molecular flexibility index (Phi) is 4.81. The first-order valence-electron chi connectivity index (χ1n) is 7.85. The Balaban J connectivity index is 2.01. The van der Waals surface area contributed by atoms with Gasteiger partial charge in [0.05, 0.1) is 0 Å². The predicted octanol–water partition coefficient (Wildman–Crippen LogP) is 3.16. The van der Waals surface area contributed by atoms with Crippen LogP contribution in [0.2, 0.25) is 0 Å². The van der Waals surface area contributed by atoms with Crippen LogP contribution in [0.15, 0.2) is 29.8 Å². The first-order chi connectivity index (χ1) is 11.8. The third kappa shape index (κ3) is 3.84. The zero-order chi connectivity index (χ0) is 18.2. The fourth-order valence-corrected chi connectivity index (χ4v) is 3.23. The molecular formula is C17H17F3N2O2S.